The van der Waals surface area contributed by atoms with Gasteiger partial charge < -0.3 is 10.5 Å². The first kappa shape index (κ1) is 16.3. The number of benzene rings is 2. The van der Waals surface area contributed by atoms with E-state index >= 15 is 0 Å². The molecule has 0 aliphatic rings. The number of hydrogen-bond acceptors (Lipinski definition) is 2. The Morgan fingerprint density at radius 3 is 2.57 bits per heavy atom. The fraction of sp³-hybridized carbons (Fsp3) is 0.294. The van der Waals surface area contributed by atoms with Gasteiger partial charge in [-0.1, -0.05) is 47.4 Å². The Labute approximate surface area is 139 Å². The highest BCUT2D eigenvalue weighted by molar-refractivity contribution is 9.10. The van der Waals surface area contributed by atoms with E-state index in [2.05, 4.69) is 35.8 Å². The summed E-state index contributed by atoms with van der Waals surface area (Å²) in [5, 5.41) is 0.696. The Kier molecular flexibility index (Phi) is 5.68. The topological polar surface area (TPSA) is 35.2 Å². The van der Waals surface area contributed by atoms with Crippen LogP contribution in [0.15, 0.2) is 40.9 Å². The van der Waals surface area contributed by atoms with Gasteiger partial charge in [-0.3, -0.25) is 0 Å². The van der Waals surface area contributed by atoms with Gasteiger partial charge in [-0.2, -0.15) is 0 Å². The minimum atomic E-state index is 0.379. The summed E-state index contributed by atoms with van der Waals surface area (Å²) in [5.41, 5.74) is 7.77. The average molecular weight is 369 g/mol. The van der Waals surface area contributed by atoms with Crippen molar-refractivity contribution in [3.8, 4) is 11.5 Å². The highest BCUT2D eigenvalue weighted by atomic mass is 79.9. The maximum atomic E-state index is 6.26. The second-order valence-electron chi connectivity index (χ2n) is 5.23. The van der Waals surface area contributed by atoms with Crippen LogP contribution < -0.4 is 10.5 Å². The predicted octanol–water partition coefficient (Wildman–Crippen LogP) is 5.52. The largest absolute Gasteiger partial charge is 0.457 e. The Hall–Kier alpha value is -1.03. The van der Waals surface area contributed by atoms with E-state index in [9.17, 15) is 0 Å². The van der Waals surface area contributed by atoms with Crippen molar-refractivity contribution in [2.45, 2.75) is 26.2 Å². The van der Waals surface area contributed by atoms with Crippen LogP contribution in [0.2, 0.25) is 5.02 Å². The Morgan fingerprint density at radius 1 is 1.19 bits per heavy atom. The fourth-order valence-corrected chi connectivity index (χ4v) is 2.78. The van der Waals surface area contributed by atoms with E-state index in [1.54, 1.807) is 0 Å². The van der Waals surface area contributed by atoms with E-state index in [4.69, 9.17) is 22.1 Å². The van der Waals surface area contributed by atoms with Gasteiger partial charge in [0.1, 0.15) is 11.5 Å². The molecule has 0 atom stereocenters. The zero-order chi connectivity index (χ0) is 15.4. The number of halogens is 2. The van der Waals surface area contributed by atoms with Crippen molar-refractivity contribution in [2.75, 3.05) is 6.54 Å². The molecule has 0 spiro atoms. The Morgan fingerprint density at radius 2 is 1.95 bits per heavy atom. The highest BCUT2D eigenvalue weighted by Gasteiger charge is 2.10. The highest BCUT2D eigenvalue weighted by Crippen LogP contribution is 2.34. The molecule has 0 aliphatic heterocycles. The second-order valence-corrected chi connectivity index (χ2v) is 6.55. The summed E-state index contributed by atoms with van der Waals surface area (Å²) < 4.78 is 7.05. The van der Waals surface area contributed by atoms with Crippen LogP contribution in [-0.4, -0.2) is 6.54 Å². The maximum Gasteiger partial charge on any atom is 0.130 e. The lowest BCUT2D eigenvalue weighted by molar-refractivity contribution is 0.473. The molecule has 0 aromatic heterocycles. The van der Waals surface area contributed by atoms with E-state index in [-0.39, 0.29) is 0 Å². The van der Waals surface area contributed by atoms with Gasteiger partial charge in [-0.15, -0.1) is 0 Å². The minimum absolute atomic E-state index is 0.379. The summed E-state index contributed by atoms with van der Waals surface area (Å²) in [6.07, 6.45) is 0.772. The quantitative estimate of drug-likeness (QED) is 0.754. The monoisotopic (exact) mass is 367 g/mol. The number of nitrogens with two attached hydrogens (primary N) is 1. The molecule has 0 saturated heterocycles. The molecule has 0 fully saturated rings. The van der Waals surface area contributed by atoms with Crippen LogP contribution in [0.1, 0.15) is 30.9 Å². The minimum Gasteiger partial charge on any atom is -0.457 e. The van der Waals surface area contributed by atoms with Crippen molar-refractivity contribution < 1.29 is 4.74 Å². The maximum absolute atomic E-state index is 6.26. The first-order valence-corrected chi connectivity index (χ1v) is 8.14. The second kappa shape index (κ2) is 7.30. The van der Waals surface area contributed by atoms with Crippen molar-refractivity contribution in [2.24, 2.45) is 5.73 Å². The smallest absolute Gasteiger partial charge is 0.130 e. The average Bonchev–Trinajstić information content (AvgIpc) is 2.44. The van der Waals surface area contributed by atoms with Gasteiger partial charge in [0.15, 0.2) is 0 Å². The SMILES string of the molecule is CC(C)c1cc(Br)ccc1Oc1ccc(CCN)c(Cl)c1. The normalized spacial score (nSPS) is 11.0. The molecule has 2 aromatic carbocycles. The Balaban J connectivity index is 2.28. The molecule has 2 N–H and O–H groups in total. The van der Waals surface area contributed by atoms with Gasteiger partial charge in [0, 0.05) is 9.50 Å². The summed E-state index contributed by atoms with van der Waals surface area (Å²) in [4.78, 5) is 0. The van der Waals surface area contributed by atoms with Gasteiger partial charge in [0.25, 0.3) is 0 Å². The third kappa shape index (κ3) is 4.22. The lowest BCUT2D eigenvalue weighted by Gasteiger charge is -2.15. The zero-order valence-corrected chi connectivity index (χ0v) is 14.5. The molecule has 2 rings (SSSR count). The first-order chi connectivity index (χ1) is 10.0. The van der Waals surface area contributed by atoms with Crippen LogP contribution in [0.25, 0.3) is 0 Å². The molecule has 0 radical (unpaired) electrons. The van der Waals surface area contributed by atoms with Crippen molar-refractivity contribution in [1.29, 1.82) is 0 Å². The van der Waals surface area contributed by atoms with Crippen molar-refractivity contribution in [3.63, 3.8) is 0 Å². The van der Waals surface area contributed by atoms with Crippen molar-refractivity contribution >= 4 is 27.5 Å². The molecule has 0 amide bonds. The van der Waals surface area contributed by atoms with E-state index in [0.717, 1.165) is 33.5 Å². The van der Waals surface area contributed by atoms with Gasteiger partial charge in [-0.25, -0.2) is 0 Å². The molecule has 0 bridgehead atoms. The van der Waals surface area contributed by atoms with Crippen LogP contribution in [0.5, 0.6) is 11.5 Å². The van der Waals surface area contributed by atoms with Crippen LogP contribution in [0, 0.1) is 0 Å². The molecule has 2 nitrogen and oxygen atoms in total. The van der Waals surface area contributed by atoms with E-state index in [0.29, 0.717) is 17.5 Å². The number of hydrogen-bond donors (Lipinski definition) is 1. The lowest BCUT2D eigenvalue weighted by atomic mass is 10.0. The number of rotatable bonds is 5. The molecule has 4 heteroatoms. The third-order valence-corrected chi connectivity index (χ3v) is 4.10. The summed E-state index contributed by atoms with van der Waals surface area (Å²) in [6, 6.07) is 11.8. The van der Waals surface area contributed by atoms with Crippen LogP contribution >= 0.6 is 27.5 Å². The van der Waals surface area contributed by atoms with Crippen molar-refractivity contribution in [1.82, 2.24) is 0 Å². The predicted molar refractivity (Wildman–Crippen MR) is 92.5 cm³/mol. The molecule has 0 unspecified atom stereocenters. The van der Waals surface area contributed by atoms with E-state index < -0.39 is 0 Å². The van der Waals surface area contributed by atoms with Crippen LogP contribution in [0.3, 0.4) is 0 Å². The molecular formula is C17H19BrClNO. The lowest BCUT2D eigenvalue weighted by Crippen LogP contribution is -2.03. The van der Waals surface area contributed by atoms with Gasteiger partial charge in [-0.05, 0) is 60.3 Å². The molecule has 2 aromatic rings. The summed E-state index contributed by atoms with van der Waals surface area (Å²) in [5.74, 6) is 1.98. The van der Waals surface area contributed by atoms with Gasteiger partial charge >= 0.3 is 0 Å². The molecule has 0 aliphatic carbocycles. The summed E-state index contributed by atoms with van der Waals surface area (Å²) in [7, 11) is 0. The van der Waals surface area contributed by atoms with Crippen LogP contribution in [-0.2, 0) is 6.42 Å². The molecular weight excluding hydrogens is 350 g/mol. The Bertz CT molecular complexity index is 628. The fourth-order valence-electron chi connectivity index (χ4n) is 2.14. The summed E-state index contributed by atoms with van der Waals surface area (Å²) in [6.45, 7) is 4.88. The third-order valence-electron chi connectivity index (χ3n) is 3.26. The standard InChI is InChI=1S/C17H19BrClNO/c1-11(2)15-9-13(18)4-6-17(15)21-14-5-3-12(7-8-20)16(19)10-14/h3-6,9-11H,7-8,20H2,1-2H3. The number of ether oxygens (including phenoxy) is 1. The molecule has 0 heterocycles. The van der Waals surface area contributed by atoms with Gasteiger partial charge in [0.2, 0.25) is 0 Å². The van der Waals surface area contributed by atoms with Gasteiger partial charge in [0.05, 0.1) is 0 Å². The molecule has 21 heavy (non-hydrogen) atoms. The molecule has 112 valence electrons. The van der Waals surface area contributed by atoms with E-state index in [1.165, 1.54) is 0 Å². The van der Waals surface area contributed by atoms with E-state index in [1.807, 2.05) is 30.3 Å². The van der Waals surface area contributed by atoms with Crippen molar-refractivity contribution in [3.05, 3.63) is 57.0 Å². The first-order valence-electron chi connectivity index (χ1n) is 6.97. The molecule has 0 saturated carbocycles. The summed E-state index contributed by atoms with van der Waals surface area (Å²) >= 11 is 9.76. The zero-order valence-electron chi connectivity index (χ0n) is 12.2. The van der Waals surface area contributed by atoms with Crippen LogP contribution in [0.4, 0.5) is 0 Å².